The first kappa shape index (κ1) is 25.4. The molecule has 0 bridgehead atoms. The summed E-state index contributed by atoms with van der Waals surface area (Å²) in [4.78, 5) is 19.3. The fraction of sp³-hybridized carbons (Fsp3) is 0.552. The van der Waals surface area contributed by atoms with Crippen molar-refractivity contribution >= 4 is 34.7 Å². The van der Waals surface area contributed by atoms with E-state index in [9.17, 15) is 13.6 Å². The van der Waals surface area contributed by atoms with Crippen LogP contribution in [0.25, 0.3) is 0 Å². The number of nitrogens with one attached hydrogen (secondary N) is 1. The molecule has 1 N–H and O–H groups in total. The summed E-state index contributed by atoms with van der Waals surface area (Å²) in [5.41, 5.74) is 5.92. The number of nitrogens with zero attached hydrogens (tertiary/aromatic N) is 2. The van der Waals surface area contributed by atoms with Crippen LogP contribution in [0.3, 0.4) is 0 Å². The van der Waals surface area contributed by atoms with Crippen LogP contribution in [0.15, 0.2) is 35.2 Å². The van der Waals surface area contributed by atoms with E-state index in [1.54, 1.807) is 11.8 Å². The summed E-state index contributed by atoms with van der Waals surface area (Å²) in [6, 6.07) is 10.2. The Kier molecular flexibility index (Phi) is 6.96. The molecule has 2 aliphatic heterocycles. The third-order valence-corrected chi connectivity index (χ3v) is 8.99. The Labute approximate surface area is 217 Å². The molecule has 1 amide bonds. The Morgan fingerprint density at radius 3 is 2.22 bits per heavy atom. The van der Waals surface area contributed by atoms with Gasteiger partial charge in [0.1, 0.15) is 0 Å². The molecule has 36 heavy (non-hydrogen) atoms. The number of hydrogen-bond acceptors (Lipinski definition) is 4. The lowest BCUT2D eigenvalue weighted by Crippen LogP contribution is -2.39. The van der Waals surface area contributed by atoms with Crippen molar-refractivity contribution in [3.05, 3.63) is 47.0 Å². The van der Waals surface area contributed by atoms with Crippen LogP contribution < -0.4 is 15.1 Å². The number of benzene rings is 2. The molecule has 194 valence electrons. The van der Waals surface area contributed by atoms with Gasteiger partial charge in [0.2, 0.25) is 0 Å². The maximum atomic E-state index is 13.7. The standard InChI is InChI=1S/C29H37F2N3OS/c1-4-36-24-17-21(3)26(25(19-24)34-11-7-28(5-6-28)8-12-34)27(35)32-22-15-20(2)16-23(18-22)33-13-9-29(30,31)10-14-33/h15-19H,4-14H2,1-3H3,(H,32,35). The first-order valence-electron chi connectivity index (χ1n) is 13.3. The molecule has 1 saturated carbocycles. The topological polar surface area (TPSA) is 35.6 Å². The molecule has 5 rings (SSSR count). The van der Waals surface area contributed by atoms with Crippen molar-refractivity contribution in [3.63, 3.8) is 0 Å². The highest BCUT2D eigenvalue weighted by atomic mass is 32.2. The second-order valence-corrected chi connectivity index (χ2v) is 12.2. The van der Waals surface area contributed by atoms with Gasteiger partial charge in [-0.05, 0) is 92.2 Å². The molecule has 4 nitrogen and oxygen atoms in total. The average molecular weight is 514 g/mol. The molecular formula is C29H37F2N3OS. The van der Waals surface area contributed by atoms with E-state index in [2.05, 4.69) is 29.3 Å². The van der Waals surface area contributed by atoms with Crippen molar-refractivity contribution in [1.29, 1.82) is 0 Å². The number of thioether (sulfide) groups is 1. The maximum absolute atomic E-state index is 13.7. The van der Waals surface area contributed by atoms with Crippen LogP contribution in [0.2, 0.25) is 0 Å². The quantitative estimate of drug-likeness (QED) is 0.412. The van der Waals surface area contributed by atoms with Gasteiger partial charge < -0.3 is 15.1 Å². The third-order valence-electron chi connectivity index (χ3n) is 8.13. The molecule has 3 aliphatic rings. The van der Waals surface area contributed by atoms with Crippen LogP contribution in [0.5, 0.6) is 0 Å². The zero-order valence-electron chi connectivity index (χ0n) is 21.6. The fourth-order valence-electron chi connectivity index (χ4n) is 5.73. The Hall–Kier alpha value is -2.28. The Balaban J connectivity index is 1.40. The molecule has 0 atom stereocenters. The average Bonchev–Trinajstić information content (AvgIpc) is 3.57. The minimum atomic E-state index is -2.58. The van der Waals surface area contributed by atoms with E-state index in [1.165, 1.54) is 30.6 Å². The van der Waals surface area contributed by atoms with Crippen LogP contribution >= 0.6 is 11.8 Å². The van der Waals surface area contributed by atoms with Crippen LogP contribution in [0.1, 0.15) is 66.9 Å². The molecule has 2 aromatic rings. The Bertz CT molecular complexity index is 1130. The minimum absolute atomic E-state index is 0.107. The number of hydrogen-bond donors (Lipinski definition) is 1. The van der Waals surface area contributed by atoms with E-state index in [0.29, 0.717) is 24.2 Å². The number of alkyl halides is 2. The highest BCUT2D eigenvalue weighted by molar-refractivity contribution is 7.99. The van der Waals surface area contributed by atoms with Gasteiger partial charge in [-0.3, -0.25) is 4.79 Å². The monoisotopic (exact) mass is 513 g/mol. The molecule has 0 radical (unpaired) electrons. The lowest BCUT2D eigenvalue weighted by molar-refractivity contribution is -0.0220. The normalized spacial score (nSPS) is 20.5. The summed E-state index contributed by atoms with van der Waals surface area (Å²) < 4.78 is 27.3. The molecule has 2 saturated heterocycles. The van der Waals surface area contributed by atoms with Crippen LogP contribution in [-0.2, 0) is 0 Å². The summed E-state index contributed by atoms with van der Waals surface area (Å²) in [6.07, 6.45) is 4.84. The molecular weight excluding hydrogens is 476 g/mol. The number of carbonyl (C=O) groups is 1. The summed E-state index contributed by atoms with van der Waals surface area (Å²) in [7, 11) is 0. The zero-order valence-corrected chi connectivity index (χ0v) is 22.4. The van der Waals surface area contributed by atoms with Crippen molar-refractivity contribution in [3.8, 4) is 0 Å². The van der Waals surface area contributed by atoms with E-state index >= 15 is 0 Å². The summed E-state index contributed by atoms with van der Waals surface area (Å²) in [5, 5.41) is 3.15. The fourth-order valence-corrected chi connectivity index (χ4v) is 6.52. The van der Waals surface area contributed by atoms with Gasteiger partial charge in [-0.1, -0.05) is 6.92 Å². The van der Waals surface area contributed by atoms with Gasteiger partial charge in [0.05, 0.1) is 11.3 Å². The van der Waals surface area contributed by atoms with Crippen molar-refractivity contribution in [2.24, 2.45) is 5.41 Å². The Morgan fingerprint density at radius 2 is 1.58 bits per heavy atom. The number of rotatable bonds is 6. The molecule has 0 unspecified atom stereocenters. The van der Waals surface area contributed by atoms with Gasteiger partial charge >= 0.3 is 0 Å². The second-order valence-electron chi connectivity index (χ2n) is 10.9. The largest absolute Gasteiger partial charge is 0.371 e. The van der Waals surface area contributed by atoms with E-state index < -0.39 is 5.92 Å². The van der Waals surface area contributed by atoms with Gasteiger partial charge in [0.25, 0.3) is 11.8 Å². The first-order valence-corrected chi connectivity index (χ1v) is 14.2. The lowest BCUT2D eigenvalue weighted by Gasteiger charge is -2.35. The Morgan fingerprint density at radius 1 is 0.917 bits per heavy atom. The maximum Gasteiger partial charge on any atom is 0.258 e. The molecule has 3 fully saturated rings. The van der Waals surface area contributed by atoms with Gasteiger partial charge in [0, 0.05) is 55.3 Å². The van der Waals surface area contributed by atoms with Gasteiger partial charge in [-0.2, -0.15) is 0 Å². The zero-order chi connectivity index (χ0) is 25.5. The van der Waals surface area contributed by atoms with Crippen LogP contribution in [0, 0.1) is 19.3 Å². The van der Waals surface area contributed by atoms with Gasteiger partial charge in [-0.25, -0.2) is 8.78 Å². The summed E-state index contributed by atoms with van der Waals surface area (Å²) in [5.74, 6) is -1.70. The molecule has 2 aromatic carbocycles. The van der Waals surface area contributed by atoms with Gasteiger partial charge in [-0.15, -0.1) is 11.8 Å². The number of carbonyl (C=O) groups excluding carboxylic acids is 1. The molecule has 1 aliphatic carbocycles. The predicted octanol–water partition coefficient (Wildman–Crippen LogP) is 7.28. The van der Waals surface area contributed by atoms with E-state index in [-0.39, 0.29) is 18.7 Å². The van der Waals surface area contributed by atoms with Crippen molar-refractivity contribution in [1.82, 2.24) is 0 Å². The number of piperidine rings is 2. The number of anilines is 3. The van der Waals surface area contributed by atoms with Crippen LogP contribution in [0.4, 0.5) is 25.8 Å². The van der Waals surface area contributed by atoms with Gasteiger partial charge in [0.15, 0.2) is 0 Å². The van der Waals surface area contributed by atoms with E-state index in [0.717, 1.165) is 46.9 Å². The second kappa shape index (κ2) is 9.88. The predicted molar refractivity (Wildman–Crippen MR) is 146 cm³/mol. The third kappa shape index (κ3) is 5.51. The lowest BCUT2D eigenvalue weighted by atomic mass is 9.92. The molecule has 7 heteroatoms. The highest BCUT2D eigenvalue weighted by Gasteiger charge is 2.44. The van der Waals surface area contributed by atoms with Crippen molar-refractivity contribution < 1.29 is 13.6 Å². The van der Waals surface area contributed by atoms with Crippen molar-refractivity contribution in [2.45, 2.75) is 70.1 Å². The highest BCUT2D eigenvalue weighted by Crippen LogP contribution is 2.54. The van der Waals surface area contributed by atoms with E-state index in [4.69, 9.17) is 0 Å². The number of amides is 1. The smallest absolute Gasteiger partial charge is 0.258 e. The summed E-state index contributed by atoms with van der Waals surface area (Å²) in [6.45, 7) is 8.78. The first-order chi connectivity index (χ1) is 17.2. The summed E-state index contributed by atoms with van der Waals surface area (Å²) >= 11 is 1.81. The number of halogens is 2. The molecule has 1 spiro atoms. The van der Waals surface area contributed by atoms with E-state index in [1.807, 2.05) is 36.9 Å². The molecule has 2 heterocycles. The number of aryl methyl sites for hydroxylation is 2. The molecule has 0 aromatic heterocycles. The SMILES string of the molecule is CCSc1cc(C)c(C(=O)Nc2cc(C)cc(N3CCC(F)(F)CC3)c2)c(N2CCC3(CC2)CC3)c1. The van der Waals surface area contributed by atoms with Crippen LogP contribution in [-0.4, -0.2) is 43.8 Å². The van der Waals surface area contributed by atoms with Crippen molar-refractivity contribution in [2.75, 3.05) is 47.0 Å². The minimum Gasteiger partial charge on any atom is -0.371 e.